The first-order valence-corrected chi connectivity index (χ1v) is 9.16. The van der Waals surface area contributed by atoms with Crippen molar-refractivity contribution in [1.82, 2.24) is 0 Å². The van der Waals surface area contributed by atoms with E-state index in [1.165, 1.54) is 12.1 Å². The highest BCUT2D eigenvalue weighted by atomic mass is 127. The molecule has 0 aliphatic rings. The minimum atomic E-state index is -4.12. The molecule has 0 fully saturated rings. The van der Waals surface area contributed by atoms with E-state index in [1.54, 1.807) is 6.07 Å². The van der Waals surface area contributed by atoms with E-state index in [9.17, 15) is 8.42 Å². The predicted molar refractivity (Wildman–Crippen MR) is 93.8 cm³/mol. The van der Waals surface area contributed by atoms with Crippen LogP contribution in [0.5, 0.6) is 0 Å². The molecule has 3 nitrogen and oxygen atoms in total. The van der Waals surface area contributed by atoms with E-state index in [-0.39, 0.29) is 4.90 Å². The lowest BCUT2D eigenvalue weighted by Gasteiger charge is -2.07. The fraction of sp³-hybridized carbons (Fsp3) is 0.200. The Hall–Kier alpha value is 1.06. The maximum atomic E-state index is 11.1. The van der Waals surface area contributed by atoms with Crippen molar-refractivity contribution in [2.24, 2.45) is 0 Å². The first-order chi connectivity index (χ1) is 7.71. The Balaban J connectivity index is 3.21. The predicted octanol–water partition coefficient (Wildman–Crippen LogP) is 4.26. The van der Waals surface area contributed by atoms with Crippen LogP contribution in [0.1, 0.15) is 11.1 Å². The Labute approximate surface area is 142 Å². The second kappa shape index (κ2) is 6.48. The molecule has 0 heterocycles. The van der Waals surface area contributed by atoms with Crippen molar-refractivity contribution in [3.63, 3.8) is 0 Å². The average molecular weight is 590 g/mol. The van der Waals surface area contributed by atoms with E-state index in [4.69, 9.17) is 4.55 Å². The molecule has 17 heavy (non-hydrogen) atoms. The smallest absolute Gasteiger partial charge is 0.282 e. The van der Waals surface area contributed by atoms with Crippen LogP contribution in [-0.2, 0) is 16.5 Å². The Bertz CT molecular complexity index is 560. The summed E-state index contributed by atoms with van der Waals surface area (Å²) in [4.78, 5) is -0.0502. The lowest BCUT2D eigenvalue weighted by Crippen LogP contribution is -2.00. The van der Waals surface area contributed by atoms with Gasteiger partial charge in [-0.15, -0.1) is 0 Å². The van der Waals surface area contributed by atoms with Crippen molar-refractivity contribution in [2.45, 2.75) is 18.2 Å². The summed E-state index contributed by atoms with van der Waals surface area (Å²) in [6, 6.07) is 4.65. The zero-order chi connectivity index (χ0) is 13.2. The highest BCUT2D eigenvalue weighted by Gasteiger charge is 2.12. The molecule has 1 aromatic rings. The third-order valence-corrected chi connectivity index (χ3v) is 7.31. The lowest BCUT2D eigenvalue weighted by molar-refractivity contribution is 0.483. The van der Waals surface area contributed by atoms with Gasteiger partial charge in [0.1, 0.15) is 0 Å². The number of hydrogen-bond acceptors (Lipinski definition) is 2. The third-order valence-electron chi connectivity index (χ3n) is 2.17. The van der Waals surface area contributed by atoms with Gasteiger partial charge in [-0.1, -0.05) is 6.07 Å². The molecule has 0 atom stereocenters. The quantitative estimate of drug-likeness (QED) is 0.424. The highest BCUT2D eigenvalue weighted by molar-refractivity contribution is 14.2. The van der Waals surface area contributed by atoms with Crippen LogP contribution in [0.2, 0.25) is 0 Å². The topological polar surface area (TPSA) is 54.4 Å². The van der Waals surface area contributed by atoms with Crippen LogP contribution in [0, 0.1) is 6.92 Å². The van der Waals surface area contributed by atoms with Gasteiger partial charge < -0.3 is 0 Å². The van der Waals surface area contributed by atoms with Crippen LogP contribution < -0.4 is 0 Å². The van der Waals surface area contributed by atoms with Crippen molar-refractivity contribution in [2.75, 3.05) is 0 Å². The number of rotatable bonds is 3. The Morgan fingerprint density at radius 3 is 2.35 bits per heavy atom. The summed E-state index contributed by atoms with van der Waals surface area (Å²) >= 11 is 6.68. The molecule has 0 aliphatic carbocycles. The zero-order valence-corrected chi connectivity index (χ0v) is 16.0. The monoisotopic (exact) mass is 590 g/mol. The number of aryl methyl sites for hydroxylation is 1. The van der Waals surface area contributed by atoms with E-state index in [2.05, 4.69) is 67.8 Å². The van der Waals surface area contributed by atoms with Crippen molar-refractivity contribution < 1.29 is 13.0 Å². The van der Waals surface area contributed by atoms with Gasteiger partial charge in [-0.2, -0.15) is 8.42 Å². The van der Waals surface area contributed by atoms with Gasteiger partial charge in [0, 0.05) is 10.0 Å². The van der Waals surface area contributed by atoms with Crippen LogP contribution in [-0.4, -0.2) is 13.0 Å². The van der Waals surface area contributed by atoms with Gasteiger partial charge in [0.2, 0.25) is 0 Å². The second-order valence-electron chi connectivity index (χ2n) is 3.41. The van der Waals surface area contributed by atoms with Gasteiger partial charge in [0.15, 0.2) is 0 Å². The first-order valence-electron chi connectivity index (χ1n) is 4.48. The number of halogens is 3. The number of hydrogen-bond donors (Lipinski definition) is 1. The number of benzene rings is 1. The minimum absolute atomic E-state index is 0.0502. The maximum absolute atomic E-state index is 11.1. The molecule has 0 saturated carbocycles. The van der Waals surface area contributed by atoms with E-state index >= 15 is 0 Å². The van der Waals surface area contributed by atoms with Crippen molar-refractivity contribution in [3.8, 4) is 0 Å². The molecular formula is C10H9I3O3S. The Morgan fingerprint density at radius 2 is 1.88 bits per heavy atom. The summed E-state index contributed by atoms with van der Waals surface area (Å²) < 4.78 is 33.4. The molecular weight excluding hydrogens is 581 g/mol. The largest absolute Gasteiger partial charge is 0.294 e. The summed E-state index contributed by atoms with van der Waals surface area (Å²) in [5.74, 6) is 0. The van der Waals surface area contributed by atoms with E-state index in [0.717, 1.165) is 16.3 Å². The summed E-state index contributed by atoms with van der Waals surface area (Å²) in [5, 5.41) is 0. The number of allylic oxidation sites excluding steroid dienone is 1. The van der Waals surface area contributed by atoms with Crippen LogP contribution >= 0.6 is 67.8 Å². The first kappa shape index (κ1) is 16.1. The van der Waals surface area contributed by atoms with Crippen LogP contribution in [0.15, 0.2) is 28.3 Å². The summed E-state index contributed by atoms with van der Waals surface area (Å²) in [6.07, 6.45) is 0.678. The molecule has 0 radical (unpaired) electrons. The van der Waals surface area contributed by atoms with Crippen molar-refractivity contribution in [1.29, 1.82) is 0 Å². The maximum Gasteiger partial charge on any atom is 0.294 e. The van der Waals surface area contributed by atoms with Gasteiger partial charge in [-0.3, -0.25) is 4.55 Å². The molecule has 1 aromatic carbocycles. The van der Waals surface area contributed by atoms with Gasteiger partial charge in [0.25, 0.3) is 10.1 Å². The van der Waals surface area contributed by atoms with Gasteiger partial charge in [0.05, 0.1) is 6.48 Å². The minimum Gasteiger partial charge on any atom is -0.282 e. The van der Waals surface area contributed by atoms with Crippen LogP contribution in [0.4, 0.5) is 0 Å². The molecule has 1 N–H and O–H groups in total. The molecule has 0 aromatic heterocycles. The molecule has 1 rings (SSSR count). The summed E-state index contributed by atoms with van der Waals surface area (Å²) in [7, 11) is -4.12. The van der Waals surface area contributed by atoms with Crippen molar-refractivity contribution in [3.05, 3.63) is 34.5 Å². The van der Waals surface area contributed by atoms with Gasteiger partial charge in [-0.05, 0) is 98.0 Å². The molecule has 0 unspecified atom stereocenters. The van der Waals surface area contributed by atoms with E-state index in [1.807, 2.05) is 6.92 Å². The molecule has 0 aliphatic heterocycles. The molecule has 7 heteroatoms. The average Bonchev–Trinajstić information content (AvgIpc) is 2.19. The summed E-state index contributed by atoms with van der Waals surface area (Å²) in [5.41, 5.74) is 1.93. The van der Waals surface area contributed by atoms with Gasteiger partial charge in [-0.25, -0.2) is 0 Å². The normalized spacial score (nSPS) is 11.4. The molecule has 0 saturated heterocycles. The van der Waals surface area contributed by atoms with Crippen molar-refractivity contribution >= 4 is 77.9 Å². The van der Waals surface area contributed by atoms with E-state index in [0.29, 0.717) is 6.42 Å². The van der Waals surface area contributed by atoms with Crippen LogP contribution in [0.25, 0.3) is 0 Å². The fourth-order valence-corrected chi connectivity index (χ4v) is 2.56. The third kappa shape index (κ3) is 4.91. The zero-order valence-electron chi connectivity index (χ0n) is 8.75. The summed E-state index contributed by atoms with van der Waals surface area (Å²) in [6.45, 7) is 1.92. The molecule has 0 spiro atoms. The van der Waals surface area contributed by atoms with Crippen LogP contribution in [0.3, 0.4) is 0 Å². The van der Waals surface area contributed by atoms with Gasteiger partial charge >= 0.3 is 0 Å². The van der Waals surface area contributed by atoms with E-state index < -0.39 is 10.1 Å². The fourth-order valence-electron chi connectivity index (χ4n) is 1.23. The second-order valence-corrected chi connectivity index (χ2v) is 10.4. The Morgan fingerprint density at radius 1 is 1.29 bits per heavy atom. The molecule has 0 amide bonds. The lowest BCUT2D eigenvalue weighted by atomic mass is 10.1. The SMILES string of the molecule is Cc1ccc(S(=O)(=O)O)cc1CC(I)=C(I)I. The highest BCUT2D eigenvalue weighted by Crippen LogP contribution is 2.29. The molecule has 94 valence electrons. The Kier molecular flexibility index (Phi) is 6.14. The standard InChI is InChI=1S/C10H9I3O3S/c1-6-2-3-8(17(14,15)16)4-7(6)5-9(11)10(12)13/h2-4H,5H2,1H3,(H,14,15,16). The molecule has 0 bridgehead atoms.